The number of aromatic hydroxyl groups is 2. The minimum Gasteiger partial charge on any atom is -0.508 e. The van der Waals surface area contributed by atoms with Gasteiger partial charge < -0.3 is 10.2 Å². The van der Waals surface area contributed by atoms with Crippen LogP contribution >= 0.6 is 7.26 Å². The van der Waals surface area contributed by atoms with Crippen molar-refractivity contribution in [3.63, 3.8) is 0 Å². The van der Waals surface area contributed by atoms with Crippen molar-refractivity contribution >= 4 is 28.5 Å². The molecular weight excluding hydrogens is 375 g/mol. The van der Waals surface area contributed by atoms with E-state index >= 15 is 0 Å². The summed E-state index contributed by atoms with van der Waals surface area (Å²) in [5.41, 5.74) is 2.37. The topological polar surface area (TPSA) is 40.5 Å². The molecule has 2 N–H and O–H groups in total. The fourth-order valence-corrected chi connectivity index (χ4v) is 8.12. The van der Waals surface area contributed by atoms with Gasteiger partial charge in [0.2, 0.25) is 0 Å². The molecule has 0 bridgehead atoms. The van der Waals surface area contributed by atoms with Crippen LogP contribution in [0.15, 0.2) is 97.1 Å². The number of rotatable bonds is 4. The average Bonchev–Trinajstić information content (AvgIpc) is 2.74. The predicted octanol–water partition coefficient (Wildman–Crippen LogP) is 4.33. The molecule has 0 heterocycles. The lowest BCUT2D eigenvalue weighted by Gasteiger charge is -2.28. The number of hydrogen-bond acceptors (Lipinski definition) is 2. The van der Waals surface area contributed by atoms with E-state index in [1.165, 1.54) is 17.2 Å². The fourth-order valence-electron chi connectivity index (χ4n) is 3.83. The maximum atomic E-state index is 11.0. The van der Waals surface area contributed by atoms with Gasteiger partial charge in [0.25, 0.3) is 0 Å². The summed E-state index contributed by atoms with van der Waals surface area (Å²) in [4.78, 5) is 0. The minimum atomic E-state index is -2.42. The molecule has 3 heteroatoms. The first-order valence-corrected chi connectivity index (χ1v) is 11.4. The Hall–Kier alpha value is -3.09. The van der Waals surface area contributed by atoms with Gasteiger partial charge in [0.1, 0.15) is 28.9 Å². The Morgan fingerprint density at radius 2 is 1.03 bits per heavy atom. The van der Waals surface area contributed by atoms with Crippen LogP contribution < -0.4 is 21.2 Å². The zero-order valence-corrected chi connectivity index (χ0v) is 17.5. The van der Waals surface area contributed by atoms with E-state index in [0.29, 0.717) is 0 Å². The molecule has 29 heavy (non-hydrogen) atoms. The van der Waals surface area contributed by atoms with Gasteiger partial charge in [-0.15, -0.1) is 0 Å². The zero-order chi connectivity index (χ0) is 20.4. The SMILES string of the molecule is Cc1ccc([P+](c2ccccc2)(c2ccc(C)cc2)c2cc(O)ccc2O)cc1. The van der Waals surface area contributed by atoms with Crippen molar-refractivity contribution in [2.75, 3.05) is 0 Å². The molecule has 0 radical (unpaired) electrons. The molecule has 0 atom stereocenters. The van der Waals surface area contributed by atoms with Gasteiger partial charge in [0.05, 0.1) is 0 Å². The van der Waals surface area contributed by atoms with Gasteiger partial charge in [-0.25, -0.2) is 0 Å². The van der Waals surface area contributed by atoms with E-state index in [-0.39, 0.29) is 11.5 Å². The Kier molecular flexibility index (Phi) is 5.13. The van der Waals surface area contributed by atoms with E-state index in [9.17, 15) is 10.2 Å². The Labute approximate surface area is 172 Å². The summed E-state index contributed by atoms with van der Waals surface area (Å²) in [6.07, 6.45) is 0. The van der Waals surface area contributed by atoms with Crippen molar-refractivity contribution in [3.05, 3.63) is 108 Å². The summed E-state index contributed by atoms with van der Waals surface area (Å²) < 4.78 is 0. The van der Waals surface area contributed by atoms with Gasteiger partial charge in [-0.2, -0.15) is 0 Å². The Morgan fingerprint density at radius 3 is 1.55 bits per heavy atom. The summed E-state index contributed by atoms with van der Waals surface area (Å²) in [5.74, 6) is 0.346. The van der Waals surface area contributed by atoms with Crippen molar-refractivity contribution < 1.29 is 10.2 Å². The average molecular weight is 399 g/mol. The summed E-state index contributed by atoms with van der Waals surface area (Å²) in [7, 11) is -2.42. The van der Waals surface area contributed by atoms with E-state index in [2.05, 4.69) is 74.5 Å². The minimum absolute atomic E-state index is 0.150. The van der Waals surface area contributed by atoms with E-state index < -0.39 is 7.26 Å². The highest BCUT2D eigenvalue weighted by molar-refractivity contribution is 8.01. The van der Waals surface area contributed by atoms with Crippen LogP contribution in [-0.4, -0.2) is 10.2 Å². The molecule has 0 spiro atoms. The molecule has 4 rings (SSSR count). The molecule has 4 aromatic rings. The van der Waals surface area contributed by atoms with Crippen LogP contribution in [0.1, 0.15) is 11.1 Å². The van der Waals surface area contributed by atoms with Crippen LogP contribution in [0.25, 0.3) is 0 Å². The Balaban J connectivity index is 2.17. The van der Waals surface area contributed by atoms with Crippen molar-refractivity contribution in [3.8, 4) is 11.5 Å². The number of benzene rings is 4. The quantitative estimate of drug-likeness (QED) is 0.396. The van der Waals surface area contributed by atoms with Gasteiger partial charge in [0, 0.05) is 6.07 Å². The predicted molar refractivity (Wildman–Crippen MR) is 124 cm³/mol. The van der Waals surface area contributed by atoms with E-state index in [0.717, 1.165) is 21.2 Å². The van der Waals surface area contributed by atoms with Gasteiger partial charge in [-0.05, 0) is 62.4 Å². The van der Waals surface area contributed by atoms with Crippen LogP contribution in [0.4, 0.5) is 0 Å². The highest BCUT2D eigenvalue weighted by Crippen LogP contribution is 2.56. The third-order valence-corrected chi connectivity index (χ3v) is 9.61. The maximum absolute atomic E-state index is 11.0. The zero-order valence-electron chi connectivity index (χ0n) is 16.6. The summed E-state index contributed by atoms with van der Waals surface area (Å²) in [6, 6.07) is 32.2. The largest absolute Gasteiger partial charge is 0.508 e. The summed E-state index contributed by atoms with van der Waals surface area (Å²) >= 11 is 0. The fraction of sp³-hybridized carbons (Fsp3) is 0.0769. The van der Waals surface area contributed by atoms with Crippen molar-refractivity contribution in [2.24, 2.45) is 0 Å². The molecule has 0 aromatic heterocycles. The third-order valence-electron chi connectivity index (χ3n) is 5.31. The van der Waals surface area contributed by atoms with Crippen LogP contribution in [0, 0.1) is 13.8 Å². The van der Waals surface area contributed by atoms with Gasteiger partial charge in [-0.3, -0.25) is 0 Å². The first-order valence-electron chi connectivity index (χ1n) is 9.63. The standard InChI is InChI=1S/C26H23O2P/c1-19-8-13-23(14-9-19)29(22-6-4-3-5-7-22,24-15-10-20(2)11-16-24)26-18-21(27)12-17-25(26)28/h3-18H,1-2H3,(H-,27,28)/p+1. The summed E-state index contributed by atoms with van der Waals surface area (Å²) in [6.45, 7) is 4.15. The molecule has 4 aromatic carbocycles. The lowest BCUT2D eigenvalue weighted by molar-refractivity contribution is 0.464. The molecule has 0 saturated heterocycles. The van der Waals surface area contributed by atoms with Crippen LogP contribution in [0.3, 0.4) is 0 Å². The molecule has 144 valence electrons. The third kappa shape index (κ3) is 3.41. The van der Waals surface area contributed by atoms with E-state index in [1.807, 2.05) is 18.2 Å². The smallest absolute Gasteiger partial charge is 0.159 e. The first kappa shape index (κ1) is 19.2. The Morgan fingerprint density at radius 1 is 0.552 bits per heavy atom. The highest BCUT2D eigenvalue weighted by Gasteiger charge is 2.49. The van der Waals surface area contributed by atoms with Crippen molar-refractivity contribution in [2.45, 2.75) is 13.8 Å². The van der Waals surface area contributed by atoms with Crippen molar-refractivity contribution in [1.82, 2.24) is 0 Å². The monoisotopic (exact) mass is 399 g/mol. The lowest BCUT2D eigenvalue weighted by atomic mass is 10.2. The second-order valence-corrected chi connectivity index (χ2v) is 10.7. The van der Waals surface area contributed by atoms with Gasteiger partial charge in [0.15, 0.2) is 11.1 Å². The number of aryl methyl sites for hydroxylation is 2. The van der Waals surface area contributed by atoms with Gasteiger partial charge >= 0.3 is 0 Å². The molecular formula is C26H24O2P+. The van der Waals surface area contributed by atoms with E-state index in [4.69, 9.17) is 0 Å². The molecule has 0 fully saturated rings. The first-order chi connectivity index (χ1) is 14.0. The van der Waals surface area contributed by atoms with Crippen LogP contribution in [0.2, 0.25) is 0 Å². The second kappa shape index (κ2) is 7.73. The molecule has 0 aliphatic carbocycles. The van der Waals surface area contributed by atoms with Crippen molar-refractivity contribution in [1.29, 1.82) is 0 Å². The van der Waals surface area contributed by atoms with E-state index in [1.54, 1.807) is 12.1 Å². The highest BCUT2D eigenvalue weighted by atomic mass is 31.2. The molecule has 0 aliphatic heterocycles. The maximum Gasteiger partial charge on any atom is 0.159 e. The molecule has 0 saturated carbocycles. The lowest BCUT2D eigenvalue weighted by Crippen LogP contribution is -2.38. The van der Waals surface area contributed by atoms with Crippen LogP contribution in [-0.2, 0) is 0 Å². The van der Waals surface area contributed by atoms with Crippen LogP contribution in [0.5, 0.6) is 11.5 Å². The summed E-state index contributed by atoms with van der Waals surface area (Å²) in [5, 5.41) is 25.5. The molecule has 0 aliphatic rings. The molecule has 0 unspecified atom stereocenters. The molecule has 2 nitrogen and oxygen atoms in total. The normalized spacial score (nSPS) is 11.4. The second-order valence-electron chi connectivity index (χ2n) is 7.35. The number of phenols is 2. The Bertz CT molecular complexity index is 1070. The number of phenolic OH excluding ortho intramolecular Hbond substituents is 2. The van der Waals surface area contributed by atoms with Gasteiger partial charge in [-0.1, -0.05) is 53.6 Å². The number of hydrogen-bond donors (Lipinski definition) is 2. The molecule has 0 amide bonds.